The molecule has 1 saturated carbocycles. The minimum Gasteiger partial charge on any atom is -0.497 e. The number of nitrogens with one attached hydrogen (secondary N) is 1. The van der Waals surface area contributed by atoms with Crippen molar-refractivity contribution in [3.8, 4) is 5.75 Å². The molecule has 3 aromatic rings. The van der Waals surface area contributed by atoms with Crippen LogP contribution in [0.4, 0.5) is 11.5 Å². The Morgan fingerprint density at radius 2 is 1.64 bits per heavy atom. The molecule has 2 aromatic carbocycles. The number of rotatable bonds is 9. The summed E-state index contributed by atoms with van der Waals surface area (Å²) in [6, 6.07) is 18.3. The Bertz CT molecular complexity index is 1260. The molecular weight excluding hydrogens is 506 g/mol. The van der Waals surface area contributed by atoms with Gasteiger partial charge >= 0.3 is 0 Å². The van der Waals surface area contributed by atoms with Gasteiger partial charge in [0.05, 0.1) is 12.8 Å². The molecular formula is C31H39N5O2S. The molecule has 8 heteroatoms. The van der Waals surface area contributed by atoms with Crippen molar-refractivity contribution in [1.82, 2.24) is 15.3 Å². The zero-order chi connectivity index (χ0) is 27.4. The average Bonchev–Trinajstić information content (AvgIpc) is 3.79. The summed E-state index contributed by atoms with van der Waals surface area (Å²) in [6.07, 6.45) is 2.47. The highest BCUT2D eigenvalue weighted by atomic mass is 32.2. The second kappa shape index (κ2) is 11.9. The van der Waals surface area contributed by atoms with Crippen LogP contribution in [0.25, 0.3) is 0 Å². The van der Waals surface area contributed by atoms with Crippen LogP contribution in [0, 0.1) is 5.92 Å². The van der Waals surface area contributed by atoms with Gasteiger partial charge in [0.2, 0.25) is 0 Å². The van der Waals surface area contributed by atoms with E-state index < -0.39 is 0 Å². The fourth-order valence-electron chi connectivity index (χ4n) is 4.57. The Morgan fingerprint density at radius 3 is 2.26 bits per heavy atom. The van der Waals surface area contributed by atoms with Gasteiger partial charge < -0.3 is 19.9 Å². The van der Waals surface area contributed by atoms with Gasteiger partial charge in [-0.3, -0.25) is 4.79 Å². The van der Waals surface area contributed by atoms with E-state index in [0.717, 1.165) is 66.5 Å². The summed E-state index contributed by atoms with van der Waals surface area (Å²) in [7, 11) is 1.70. The molecule has 2 aliphatic rings. The molecule has 206 valence electrons. The van der Waals surface area contributed by atoms with E-state index in [-0.39, 0.29) is 11.3 Å². The summed E-state index contributed by atoms with van der Waals surface area (Å²) >= 11 is 1.65. The summed E-state index contributed by atoms with van der Waals surface area (Å²) in [5, 5.41) is 3.83. The van der Waals surface area contributed by atoms with E-state index >= 15 is 0 Å². The Hall–Kier alpha value is -3.26. The number of amides is 1. The van der Waals surface area contributed by atoms with Crippen molar-refractivity contribution < 1.29 is 9.53 Å². The number of thioether (sulfide) groups is 1. The summed E-state index contributed by atoms with van der Waals surface area (Å²) in [4.78, 5) is 27.0. The standard InChI is InChI=1S/C31H39N5O2S/c1-31(2,3)27-19-28(36-17-15-35(16-18-36)25-11-13-26(38-4)14-12-25)34-30(33-27)39-21-23-7-9-24(10-8-23)29(37)32-20-22-5-6-22/h7-14,19,22H,5-6,15-18,20-21H2,1-4H3,(H,32,37). The van der Waals surface area contributed by atoms with Crippen molar-refractivity contribution in [1.29, 1.82) is 0 Å². The van der Waals surface area contributed by atoms with Crippen molar-refractivity contribution in [2.24, 2.45) is 5.92 Å². The fraction of sp³-hybridized carbons (Fsp3) is 0.452. The molecule has 39 heavy (non-hydrogen) atoms. The van der Waals surface area contributed by atoms with Crippen LogP contribution in [0.1, 0.15) is 55.2 Å². The van der Waals surface area contributed by atoms with Crippen LogP contribution in [0.3, 0.4) is 0 Å². The van der Waals surface area contributed by atoms with Crippen molar-refractivity contribution in [2.75, 3.05) is 49.6 Å². The van der Waals surface area contributed by atoms with Crippen LogP contribution in [0.5, 0.6) is 5.75 Å². The normalized spacial score (nSPS) is 15.8. The first-order chi connectivity index (χ1) is 18.8. The number of carbonyl (C=O) groups is 1. The molecule has 0 spiro atoms. The van der Waals surface area contributed by atoms with Crippen molar-refractivity contribution in [3.05, 3.63) is 71.4 Å². The number of hydrogen-bond acceptors (Lipinski definition) is 7. The van der Waals surface area contributed by atoms with E-state index in [1.165, 1.54) is 18.5 Å². The summed E-state index contributed by atoms with van der Waals surface area (Å²) in [6.45, 7) is 11.1. The van der Waals surface area contributed by atoms with Crippen LogP contribution in [0.2, 0.25) is 0 Å². The molecule has 1 aromatic heterocycles. The first-order valence-electron chi connectivity index (χ1n) is 13.8. The lowest BCUT2D eigenvalue weighted by Gasteiger charge is -2.37. The Kier molecular flexibility index (Phi) is 8.31. The molecule has 7 nitrogen and oxygen atoms in total. The second-order valence-electron chi connectivity index (χ2n) is 11.5. The SMILES string of the molecule is COc1ccc(N2CCN(c3cc(C(C)(C)C)nc(SCc4ccc(C(=O)NCC5CC5)cc4)n3)CC2)cc1. The number of nitrogens with zero attached hydrogens (tertiary/aromatic N) is 4. The topological polar surface area (TPSA) is 70.6 Å². The Balaban J connectivity index is 1.23. The molecule has 2 heterocycles. The van der Waals surface area contributed by atoms with Gasteiger partial charge in [-0.05, 0) is 60.7 Å². The number of anilines is 2. The Labute approximate surface area is 236 Å². The minimum absolute atomic E-state index is 0.0130. The highest BCUT2D eigenvalue weighted by Crippen LogP contribution is 2.30. The highest BCUT2D eigenvalue weighted by molar-refractivity contribution is 7.98. The maximum Gasteiger partial charge on any atom is 0.251 e. The predicted octanol–water partition coefficient (Wildman–Crippen LogP) is 5.54. The number of hydrogen-bond donors (Lipinski definition) is 1. The van der Waals surface area contributed by atoms with Crippen LogP contribution in [-0.4, -0.2) is 55.7 Å². The molecule has 0 unspecified atom stereocenters. The lowest BCUT2D eigenvalue weighted by Crippen LogP contribution is -2.47. The van der Waals surface area contributed by atoms with E-state index in [1.807, 2.05) is 36.4 Å². The number of methoxy groups -OCH3 is 1. The van der Waals surface area contributed by atoms with Crippen LogP contribution in [-0.2, 0) is 11.2 Å². The van der Waals surface area contributed by atoms with E-state index in [4.69, 9.17) is 14.7 Å². The highest BCUT2D eigenvalue weighted by Gasteiger charge is 2.24. The first-order valence-corrected chi connectivity index (χ1v) is 14.8. The average molecular weight is 546 g/mol. The molecule has 0 bridgehead atoms. The molecule has 1 aliphatic heterocycles. The van der Waals surface area contributed by atoms with E-state index in [1.54, 1.807) is 18.9 Å². The number of piperazine rings is 1. The van der Waals surface area contributed by atoms with E-state index in [9.17, 15) is 4.79 Å². The molecule has 2 fully saturated rings. The molecule has 0 atom stereocenters. The second-order valence-corrected chi connectivity index (χ2v) is 12.4. The van der Waals surface area contributed by atoms with Crippen LogP contribution in [0.15, 0.2) is 59.8 Å². The van der Waals surface area contributed by atoms with E-state index in [0.29, 0.717) is 11.5 Å². The minimum atomic E-state index is -0.0760. The smallest absolute Gasteiger partial charge is 0.251 e. The maximum absolute atomic E-state index is 12.4. The molecule has 5 rings (SSSR count). The van der Waals surface area contributed by atoms with Crippen molar-refractivity contribution in [2.45, 2.75) is 49.9 Å². The third kappa shape index (κ3) is 7.24. The van der Waals surface area contributed by atoms with Crippen molar-refractivity contribution >= 4 is 29.2 Å². The lowest BCUT2D eigenvalue weighted by atomic mass is 9.92. The van der Waals surface area contributed by atoms with Gasteiger partial charge in [-0.2, -0.15) is 0 Å². The summed E-state index contributed by atoms with van der Waals surface area (Å²) in [5.74, 6) is 3.31. The zero-order valence-electron chi connectivity index (χ0n) is 23.4. The third-order valence-electron chi connectivity index (χ3n) is 7.33. The quantitative estimate of drug-likeness (QED) is 0.280. The van der Waals surface area contributed by atoms with Gasteiger partial charge in [0.25, 0.3) is 5.91 Å². The first kappa shape index (κ1) is 27.3. The molecule has 1 N–H and O–H groups in total. The summed E-state index contributed by atoms with van der Waals surface area (Å²) < 4.78 is 5.30. The van der Waals surface area contributed by atoms with Gasteiger partial charge in [0, 0.05) is 61.2 Å². The largest absolute Gasteiger partial charge is 0.497 e. The number of benzene rings is 2. The zero-order valence-corrected chi connectivity index (χ0v) is 24.3. The molecule has 0 radical (unpaired) electrons. The summed E-state index contributed by atoms with van der Waals surface area (Å²) in [5.41, 5.74) is 4.06. The number of ether oxygens (including phenoxy) is 1. The fourth-order valence-corrected chi connectivity index (χ4v) is 5.38. The number of carbonyl (C=O) groups excluding carboxylic acids is 1. The van der Waals surface area contributed by atoms with E-state index in [2.05, 4.69) is 54.1 Å². The van der Waals surface area contributed by atoms with Crippen LogP contribution >= 0.6 is 11.8 Å². The lowest BCUT2D eigenvalue weighted by molar-refractivity contribution is 0.0952. The number of aromatic nitrogens is 2. The molecule has 1 saturated heterocycles. The predicted molar refractivity (Wildman–Crippen MR) is 159 cm³/mol. The third-order valence-corrected chi connectivity index (χ3v) is 8.25. The van der Waals surface area contributed by atoms with Crippen molar-refractivity contribution in [3.63, 3.8) is 0 Å². The van der Waals surface area contributed by atoms with Gasteiger partial charge in [0.15, 0.2) is 5.16 Å². The van der Waals surface area contributed by atoms with Gasteiger partial charge in [-0.25, -0.2) is 9.97 Å². The van der Waals surface area contributed by atoms with Gasteiger partial charge in [-0.15, -0.1) is 0 Å². The molecule has 1 amide bonds. The monoisotopic (exact) mass is 545 g/mol. The Morgan fingerprint density at radius 1 is 0.974 bits per heavy atom. The maximum atomic E-state index is 12.4. The van der Waals surface area contributed by atoms with Gasteiger partial charge in [0.1, 0.15) is 11.6 Å². The van der Waals surface area contributed by atoms with Gasteiger partial charge in [-0.1, -0.05) is 44.7 Å². The van der Waals surface area contributed by atoms with Crippen LogP contribution < -0.4 is 19.9 Å². The molecule has 1 aliphatic carbocycles.